The van der Waals surface area contributed by atoms with Crippen molar-refractivity contribution in [2.75, 3.05) is 24.7 Å². The quantitative estimate of drug-likeness (QED) is 0.449. The fourth-order valence-corrected chi connectivity index (χ4v) is 3.73. The smallest absolute Gasteiger partial charge is 0.229 e. The number of aromatic nitrogens is 6. The van der Waals surface area contributed by atoms with Crippen LogP contribution in [0.15, 0.2) is 52.2 Å². The van der Waals surface area contributed by atoms with Crippen LogP contribution in [0.2, 0.25) is 0 Å². The monoisotopic (exact) mass is 422 g/mol. The molecule has 0 amide bonds. The molecule has 10 heteroatoms. The first kappa shape index (κ1) is 19.9. The van der Waals surface area contributed by atoms with Gasteiger partial charge in [-0.1, -0.05) is 42.1 Å². The first-order valence-corrected chi connectivity index (χ1v) is 10.3. The van der Waals surface area contributed by atoms with Gasteiger partial charge in [0.2, 0.25) is 11.9 Å². The van der Waals surface area contributed by atoms with E-state index in [1.165, 1.54) is 11.8 Å². The van der Waals surface area contributed by atoms with Crippen LogP contribution in [0.25, 0.3) is 11.4 Å². The van der Waals surface area contributed by atoms with Crippen molar-refractivity contribution in [2.45, 2.75) is 24.4 Å². The number of nitrogen functional groups attached to an aromatic ring is 1. The highest BCUT2D eigenvalue weighted by atomic mass is 32.2. The van der Waals surface area contributed by atoms with Gasteiger partial charge in [-0.15, -0.1) is 10.2 Å². The summed E-state index contributed by atoms with van der Waals surface area (Å²) in [5, 5.41) is 9.63. The van der Waals surface area contributed by atoms with Crippen LogP contribution in [-0.2, 0) is 12.3 Å². The van der Waals surface area contributed by atoms with Gasteiger partial charge in [0.1, 0.15) is 11.6 Å². The maximum atomic E-state index is 5.84. The molecule has 0 unspecified atom stereocenters. The number of hydrogen-bond acceptors (Lipinski definition) is 9. The van der Waals surface area contributed by atoms with Crippen LogP contribution >= 0.6 is 11.8 Å². The van der Waals surface area contributed by atoms with E-state index in [1.54, 1.807) is 11.2 Å². The van der Waals surface area contributed by atoms with E-state index in [-0.39, 0.29) is 5.95 Å². The summed E-state index contributed by atoms with van der Waals surface area (Å²) in [5.41, 5.74) is 7.92. The minimum Gasteiger partial charge on any atom is -0.469 e. The Bertz CT molecular complexity index is 1140. The predicted octanol–water partition coefficient (Wildman–Crippen LogP) is 3.02. The number of nitrogens with two attached hydrogens (primary N) is 1. The molecule has 9 nitrogen and oxygen atoms in total. The summed E-state index contributed by atoms with van der Waals surface area (Å²) in [5.74, 6) is 3.37. The molecule has 30 heavy (non-hydrogen) atoms. The number of benzene rings is 1. The van der Waals surface area contributed by atoms with Crippen LogP contribution in [0, 0.1) is 6.92 Å². The predicted molar refractivity (Wildman–Crippen MR) is 116 cm³/mol. The normalized spacial score (nSPS) is 11.0. The third-order valence-corrected chi connectivity index (χ3v) is 5.38. The number of hydrogen-bond donors (Lipinski definition) is 1. The van der Waals surface area contributed by atoms with E-state index in [1.807, 2.05) is 45.3 Å². The lowest BCUT2D eigenvalue weighted by atomic mass is 10.2. The van der Waals surface area contributed by atoms with Crippen molar-refractivity contribution in [3.05, 3.63) is 59.8 Å². The van der Waals surface area contributed by atoms with Crippen molar-refractivity contribution in [1.29, 1.82) is 0 Å². The van der Waals surface area contributed by atoms with Gasteiger partial charge >= 0.3 is 0 Å². The summed E-state index contributed by atoms with van der Waals surface area (Å²) in [4.78, 5) is 14.6. The van der Waals surface area contributed by atoms with Gasteiger partial charge in [0.15, 0.2) is 11.0 Å². The summed E-state index contributed by atoms with van der Waals surface area (Å²) in [6, 6.07) is 12.1. The van der Waals surface area contributed by atoms with Gasteiger partial charge in [0.25, 0.3) is 0 Å². The third kappa shape index (κ3) is 4.28. The Morgan fingerprint density at radius 1 is 1.07 bits per heavy atom. The first-order valence-electron chi connectivity index (χ1n) is 9.33. The number of furan rings is 1. The number of aryl methyl sites for hydroxylation is 1. The molecule has 1 aromatic carbocycles. The Morgan fingerprint density at radius 3 is 2.57 bits per heavy atom. The van der Waals surface area contributed by atoms with E-state index in [4.69, 9.17) is 10.2 Å². The average molecular weight is 423 g/mol. The van der Waals surface area contributed by atoms with Crippen molar-refractivity contribution in [3.8, 4) is 11.4 Å². The Morgan fingerprint density at radius 2 is 1.87 bits per heavy atom. The molecule has 3 heterocycles. The van der Waals surface area contributed by atoms with Crippen LogP contribution < -0.4 is 10.6 Å². The summed E-state index contributed by atoms with van der Waals surface area (Å²) >= 11 is 1.50. The van der Waals surface area contributed by atoms with Crippen LogP contribution in [0.4, 0.5) is 11.9 Å². The summed E-state index contributed by atoms with van der Waals surface area (Å²) < 4.78 is 7.56. The van der Waals surface area contributed by atoms with Crippen molar-refractivity contribution in [1.82, 2.24) is 29.7 Å². The number of rotatable bonds is 7. The largest absolute Gasteiger partial charge is 0.469 e. The van der Waals surface area contributed by atoms with Gasteiger partial charge in [0, 0.05) is 14.1 Å². The van der Waals surface area contributed by atoms with Gasteiger partial charge in [-0.2, -0.15) is 15.0 Å². The Labute approximate surface area is 178 Å². The molecule has 154 valence electrons. The molecule has 2 N–H and O–H groups in total. The molecule has 0 atom stereocenters. The van der Waals surface area contributed by atoms with Crippen molar-refractivity contribution >= 4 is 23.7 Å². The number of anilines is 2. The third-order valence-electron chi connectivity index (χ3n) is 4.42. The van der Waals surface area contributed by atoms with Crippen LogP contribution in [-0.4, -0.2) is 43.8 Å². The van der Waals surface area contributed by atoms with E-state index in [0.29, 0.717) is 24.1 Å². The van der Waals surface area contributed by atoms with Gasteiger partial charge in [-0.25, -0.2) is 0 Å². The van der Waals surface area contributed by atoms with Crippen molar-refractivity contribution in [2.24, 2.45) is 0 Å². The fourth-order valence-electron chi connectivity index (χ4n) is 2.94. The first-order chi connectivity index (χ1) is 14.5. The topological polar surface area (TPSA) is 112 Å². The number of nitrogens with zero attached hydrogens (tertiary/aromatic N) is 7. The van der Waals surface area contributed by atoms with E-state index in [9.17, 15) is 0 Å². The maximum absolute atomic E-state index is 5.84. The second-order valence-electron chi connectivity index (χ2n) is 6.86. The summed E-state index contributed by atoms with van der Waals surface area (Å²) in [6.45, 7) is 2.55. The maximum Gasteiger partial charge on any atom is 0.229 e. The molecule has 0 fully saturated rings. The SMILES string of the molecule is Cc1occc1-c1nnc(SCc2nc(N)nc(N(C)C)n2)n1Cc1ccccc1. The molecule has 4 rings (SSSR count). The lowest BCUT2D eigenvalue weighted by Crippen LogP contribution is -2.16. The zero-order valence-corrected chi connectivity index (χ0v) is 17.8. The molecule has 4 aromatic rings. The number of thioether (sulfide) groups is 1. The highest BCUT2D eigenvalue weighted by Crippen LogP contribution is 2.29. The zero-order valence-electron chi connectivity index (χ0n) is 17.0. The highest BCUT2D eigenvalue weighted by Gasteiger charge is 2.18. The minimum atomic E-state index is 0.199. The molecule has 0 aliphatic heterocycles. The fraction of sp³-hybridized carbons (Fsp3) is 0.250. The molecule has 0 saturated heterocycles. The molecule has 3 aromatic heterocycles. The van der Waals surface area contributed by atoms with Gasteiger partial charge in [-0.05, 0) is 18.6 Å². The van der Waals surface area contributed by atoms with E-state index in [2.05, 4.69) is 41.8 Å². The molecule has 0 aliphatic carbocycles. The molecule has 0 radical (unpaired) electrons. The Kier molecular flexibility index (Phi) is 5.66. The van der Waals surface area contributed by atoms with Crippen molar-refractivity contribution in [3.63, 3.8) is 0 Å². The molecule has 0 saturated carbocycles. The van der Waals surface area contributed by atoms with Gasteiger partial charge < -0.3 is 15.1 Å². The van der Waals surface area contributed by atoms with E-state index >= 15 is 0 Å². The summed E-state index contributed by atoms with van der Waals surface area (Å²) in [6.07, 6.45) is 1.66. The lowest BCUT2D eigenvalue weighted by Gasteiger charge is -2.12. The molecular weight excluding hydrogens is 400 g/mol. The second-order valence-corrected chi connectivity index (χ2v) is 7.80. The highest BCUT2D eigenvalue weighted by molar-refractivity contribution is 7.98. The lowest BCUT2D eigenvalue weighted by molar-refractivity contribution is 0.534. The Hall–Kier alpha value is -3.40. The molecule has 0 aliphatic rings. The second kappa shape index (κ2) is 8.54. The van der Waals surface area contributed by atoms with E-state index < -0.39 is 0 Å². The summed E-state index contributed by atoms with van der Waals surface area (Å²) in [7, 11) is 3.73. The standard InChI is InChI=1S/C20H22N8OS/c1-13-15(9-10-29-13)17-25-26-20(28(17)11-14-7-5-4-6-8-14)30-12-16-22-18(21)24-19(23-16)27(2)3/h4-10H,11-12H2,1-3H3,(H2,21,22,23,24). The Balaban J connectivity index is 1.65. The van der Waals surface area contributed by atoms with Crippen molar-refractivity contribution < 1.29 is 4.42 Å². The molecular formula is C20H22N8OS. The van der Waals surface area contributed by atoms with Gasteiger partial charge in [-0.3, -0.25) is 4.57 Å². The van der Waals surface area contributed by atoms with E-state index in [0.717, 1.165) is 27.9 Å². The minimum absolute atomic E-state index is 0.199. The van der Waals surface area contributed by atoms with Crippen LogP contribution in [0.5, 0.6) is 0 Å². The van der Waals surface area contributed by atoms with Crippen LogP contribution in [0.1, 0.15) is 17.1 Å². The average Bonchev–Trinajstić information content (AvgIpc) is 3.32. The van der Waals surface area contributed by atoms with Crippen LogP contribution in [0.3, 0.4) is 0 Å². The molecule has 0 spiro atoms. The zero-order chi connectivity index (χ0) is 21.1. The van der Waals surface area contributed by atoms with Gasteiger partial charge in [0.05, 0.1) is 24.1 Å². The molecule has 0 bridgehead atoms.